The van der Waals surface area contributed by atoms with Gasteiger partial charge < -0.3 is 15.6 Å². The third kappa shape index (κ3) is 3.40. The van der Waals surface area contributed by atoms with Crippen molar-refractivity contribution < 1.29 is 18.3 Å². The van der Waals surface area contributed by atoms with E-state index in [4.69, 9.17) is 10.5 Å². The Morgan fingerprint density at radius 2 is 2.12 bits per heavy atom. The highest BCUT2D eigenvalue weighted by molar-refractivity contribution is 7.91. The zero-order valence-corrected chi connectivity index (χ0v) is 11.6. The lowest BCUT2D eigenvalue weighted by atomic mass is 9.77. The Bertz CT molecular complexity index is 366. The molecule has 0 spiro atoms. The van der Waals surface area contributed by atoms with E-state index in [0.717, 1.165) is 0 Å². The molecule has 0 radical (unpaired) electrons. The normalized spacial score (nSPS) is 30.4. The maximum absolute atomic E-state index is 11.5. The minimum atomic E-state index is -3.05. The average molecular weight is 265 g/mol. The summed E-state index contributed by atoms with van der Waals surface area (Å²) < 4.78 is 28.4. The summed E-state index contributed by atoms with van der Waals surface area (Å²) in [4.78, 5) is 0. The molecule has 1 fully saturated rings. The highest BCUT2D eigenvalue weighted by Crippen LogP contribution is 2.38. The number of rotatable bonds is 5. The maximum atomic E-state index is 11.5. The fraction of sp³-hybridized carbons (Fsp3) is 1.00. The molecular formula is C11H23NO4S. The fourth-order valence-electron chi connectivity index (χ4n) is 2.27. The third-order valence-corrected chi connectivity index (χ3v) is 5.61. The SMILES string of the molecule is COC(C)(C)CC(O)C1(CN)CCS(=O)(=O)C1. The zero-order chi connectivity index (χ0) is 13.3. The Hall–Kier alpha value is -0.170. The Balaban J connectivity index is 2.82. The van der Waals surface area contributed by atoms with Crippen LogP contribution in [-0.4, -0.2) is 50.4 Å². The second kappa shape index (κ2) is 4.84. The van der Waals surface area contributed by atoms with E-state index in [1.807, 2.05) is 13.8 Å². The minimum Gasteiger partial charge on any atom is -0.392 e. The van der Waals surface area contributed by atoms with E-state index >= 15 is 0 Å². The first-order valence-corrected chi connectivity index (χ1v) is 7.62. The number of hydrogen-bond acceptors (Lipinski definition) is 5. The second-order valence-corrected chi connectivity index (χ2v) is 7.78. The van der Waals surface area contributed by atoms with E-state index < -0.39 is 27.0 Å². The van der Waals surface area contributed by atoms with E-state index in [9.17, 15) is 13.5 Å². The van der Waals surface area contributed by atoms with Crippen LogP contribution in [0.2, 0.25) is 0 Å². The van der Waals surface area contributed by atoms with E-state index in [1.165, 1.54) is 0 Å². The lowest BCUT2D eigenvalue weighted by Crippen LogP contribution is -2.46. The quantitative estimate of drug-likeness (QED) is 0.726. The Morgan fingerprint density at radius 3 is 2.47 bits per heavy atom. The Kier molecular flexibility index (Phi) is 4.24. The van der Waals surface area contributed by atoms with Gasteiger partial charge in [0.15, 0.2) is 9.84 Å². The van der Waals surface area contributed by atoms with E-state index in [1.54, 1.807) is 7.11 Å². The molecule has 102 valence electrons. The van der Waals surface area contributed by atoms with Crippen LogP contribution < -0.4 is 5.73 Å². The van der Waals surface area contributed by atoms with Gasteiger partial charge in [-0.25, -0.2) is 8.42 Å². The van der Waals surface area contributed by atoms with Gasteiger partial charge in [0.25, 0.3) is 0 Å². The van der Waals surface area contributed by atoms with Crippen molar-refractivity contribution >= 4 is 9.84 Å². The molecule has 6 heteroatoms. The highest BCUT2D eigenvalue weighted by atomic mass is 32.2. The number of aliphatic hydroxyl groups excluding tert-OH is 1. The molecule has 17 heavy (non-hydrogen) atoms. The molecule has 0 aromatic rings. The van der Waals surface area contributed by atoms with Gasteiger partial charge in [-0.15, -0.1) is 0 Å². The predicted octanol–water partition coefficient (Wildman–Crippen LogP) is -0.0740. The molecule has 0 bridgehead atoms. The molecule has 1 rings (SSSR count). The van der Waals surface area contributed by atoms with Crippen molar-refractivity contribution in [3.05, 3.63) is 0 Å². The van der Waals surface area contributed by atoms with Crippen LogP contribution >= 0.6 is 0 Å². The maximum Gasteiger partial charge on any atom is 0.151 e. The van der Waals surface area contributed by atoms with Crippen molar-refractivity contribution in [1.82, 2.24) is 0 Å². The molecule has 0 amide bonds. The summed E-state index contributed by atoms with van der Waals surface area (Å²) in [5, 5.41) is 10.3. The third-order valence-electron chi connectivity index (χ3n) is 3.77. The van der Waals surface area contributed by atoms with E-state index in [2.05, 4.69) is 0 Å². The van der Waals surface area contributed by atoms with Crippen molar-refractivity contribution in [3.8, 4) is 0 Å². The molecule has 1 heterocycles. The van der Waals surface area contributed by atoms with Gasteiger partial charge in [-0.3, -0.25) is 0 Å². The van der Waals surface area contributed by atoms with E-state index in [0.29, 0.717) is 12.8 Å². The number of sulfone groups is 1. The summed E-state index contributed by atoms with van der Waals surface area (Å²) in [7, 11) is -1.48. The molecule has 0 aliphatic carbocycles. The summed E-state index contributed by atoms with van der Waals surface area (Å²) in [5.74, 6) is 0.103. The van der Waals surface area contributed by atoms with Crippen molar-refractivity contribution in [2.75, 3.05) is 25.2 Å². The molecule has 2 atom stereocenters. The van der Waals surface area contributed by atoms with Gasteiger partial charge in [0.1, 0.15) is 0 Å². The largest absolute Gasteiger partial charge is 0.392 e. The van der Waals surface area contributed by atoms with Crippen molar-refractivity contribution in [2.45, 2.75) is 38.4 Å². The standard InChI is InChI=1S/C11H23NO4S/c1-10(2,16-3)6-9(13)11(7-12)4-5-17(14,15)8-11/h9,13H,4-8,12H2,1-3H3. The molecule has 2 unspecified atom stereocenters. The van der Waals surface area contributed by atoms with Gasteiger partial charge in [0, 0.05) is 25.5 Å². The summed E-state index contributed by atoms with van der Waals surface area (Å²) >= 11 is 0. The smallest absolute Gasteiger partial charge is 0.151 e. The average Bonchev–Trinajstić information content (AvgIpc) is 2.55. The van der Waals surface area contributed by atoms with Crippen LogP contribution in [0.15, 0.2) is 0 Å². The molecule has 0 saturated carbocycles. The predicted molar refractivity (Wildman–Crippen MR) is 66.5 cm³/mol. The van der Waals surface area contributed by atoms with Gasteiger partial charge in [-0.2, -0.15) is 0 Å². The number of methoxy groups -OCH3 is 1. The van der Waals surface area contributed by atoms with Crippen LogP contribution in [0.5, 0.6) is 0 Å². The lowest BCUT2D eigenvalue weighted by molar-refractivity contribution is -0.0531. The topological polar surface area (TPSA) is 89.6 Å². The van der Waals surface area contributed by atoms with Crippen LogP contribution in [0.1, 0.15) is 26.7 Å². The molecular weight excluding hydrogens is 242 g/mol. The van der Waals surface area contributed by atoms with Crippen molar-refractivity contribution in [3.63, 3.8) is 0 Å². The molecule has 0 aromatic carbocycles. The lowest BCUT2D eigenvalue weighted by Gasteiger charge is -2.36. The monoisotopic (exact) mass is 265 g/mol. The van der Waals surface area contributed by atoms with Crippen LogP contribution in [0.25, 0.3) is 0 Å². The summed E-state index contributed by atoms with van der Waals surface area (Å²) in [5.41, 5.74) is 4.51. The van der Waals surface area contributed by atoms with Gasteiger partial charge in [0.05, 0.1) is 23.2 Å². The minimum absolute atomic E-state index is 0.0164. The van der Waals surface area contributed by atoms with Crippen LogP contribution in [0.4, 0.5) is 0 Å². The first-order chi connectivity index (χ1) is 7.66. The van der Waals surface area contributed by atoms with Crippen LogP contribution in [0.3, 0.4) is 0 Å². The molecule has 1 aliphatic heterocycles. The number of ether oxygens (including phenoxy) is 1. The molecule has 0 aromatic heterocycles. The van der Waals surface area contributed by atoms with Crippen molar-refractivity contribution in [1.29, 1.82) is 0 Å². The second-order valence-electron chi connectivity index (χ2n) is 5.59. The first kappa shape index (κ1) is 14.9. The van der Waals surface area contributed by atoms with Gasteiger partial charge in [-0.1, -0.05) is 0 Å². The summed E-state index contributed by atoms with van der Waals surface area (Å²) in [6.07, 6.45) is 0.0722. The number of hydrogen-bond donors (Lipinski definition) is 2. The first-order valence-electron chi connectivity index (χ1n) is 5.80. The Labute approximate surface area is 103 Å². The number of aliphatic hydroxyl groups is 1. The van der Waals surface area contributed by atoms with E-state index in [-0.39, 0.29) is 18.1 Å². The summed E-state index contributed by atoms with van der Waals surface area (Å²) in [6, 6.07) is 0. The van der Waals surface area contributed by atoms with Gasteiger partial charge in [0.2, 0.25) is 0 Å². The zero-order valence-electron chi connectivity index (χ0n) is 10.8. The Morgan fingerprint density at radius 1 is 1.53 bits per heavy atom. The molecule has 5 nitrogen and oxygen atoms in total. The van der Waals surface area contributed by atoms with Crippen molar-refractivity contribution in [2.24, 2.45) is 11.1 Å². The molecule has 1 saturated heterocycles. The highest BCUT2D eigenvalue weighted by Gasteiger charge is 2.47. The summed E-state index contributed by atoms with van der Waals surface area (Å²) in [6.45, 7) is 3.92. The molecule has 3 N–H and O–H groups in total. The van der Waals surface area contributed by atoms with Gasteiger partial charge in [-0.05, 0) is 20.3 Å². The van der Waals surface area contributed by atoms with Crippen LogP contribution in [0, 0.1) is 5.41 Å². The molecule has 1 aliphatic rings. The van der Waals surface area contributed by atoms with Gasteiger partial charge >= 0.3 is 0 Å². The van der Waals surface area contributed by atoms with Crippen LogP contribution in [-0.2, 0) is 14.6 Å². The number of nitrogens with two attached hydrogens (primary N) is 1. The fourth-order valence-corrected chi connectivity index (χ4v) is 4.46.